The van der Waals surface area contributed by atoms with Crippen molar-refractivity contribution < 1.29 is 9.53 Å². The molecule has 2 N–H and O–H groups in total. The lowest BCUT2D eigenvalue weighted by Gasteiger charge is -2.32. The van der Waals surface area contributed by atoms with Gasteiger partial charge in [0.25, 0.3) is 0 Å². The molecule has 1 fully saturated rings. The molecule has 0 radical (unpaired) electrons. The zero-order valence-electron chi connectivity index (χ0n) is 10.3. The molecule has 1 aromatic carbocycles. The van der Waals surface area contributed by atoms with Gasteiger partial charge in [0.1, 0.15) is 11.1 Å². The van der Waals surface area contributed by atoms with E-state index < -0.39 is 0 Å². The van der Waals surface area contributed by atoms with Crippen molar-refractivity contribution in [3.05, 3.63) is 34.9 Å². The van der Waals surface area contributed by atoms with Crippen molar-refractivity contribution >= 4 is 34.7 Å². The van der Waals surface area contributed by atoms with Crippen LogP contribution in [0, 0.1) is 0 Å². The molecular weight excluding hydrogens is 284 g/mol. The van der Waals surface area contributed by atoms with Crippen molar-refractivity contribution in [2.75, 3.05) is 19.7 Å². The Bertz CT molecular complexity index is 495. The third kappa shape index (κ3) is 3.65. The summed E-state index contributed by atoms with van der Waals surface area (Å²) in [6.07, 6.45) is -0.0667. The number of nitrogens with two attached hydrogens (primary N) is 1. The smallest absolute Gasteiger partial charge is 0.227 e. The third-order valence-electron chi connectivity index (χ3n) is 3.04. The van der Waals surface area contributed by atoms with Crippen LogP contribution in [0.2, 0.25) is 5.02 Å². The summed E-state index contributed by atoms with van der Waals surface area (Å²) in [4.78, 5) is 14.2. The Morgan fingerprint density at radius 2 is 2.26 bits per heavy atom. The molecule has 0 aliphatic carbocycles. The monoisotopic (exact) mass is 298 g/mol. The first-order valence-electron chi connectivity index (χ1n) is 6.00. The van der Waals surface area contributed by atoms with Crippen LogP contribution in [0.5, 0.6) is 0 Å². The molecule has 4 nitrogen and oxygen atoms in total. The Labute approximate surface area is 122 Å². The number of thiocarbonyl (C=S) groups is 1. The van der Waals surface area contributed by atoms with Crippen LogP contribution in [0.25, 0.3) is 0 Å². The minimum absolute atomic E-state index is 0.0117. The van der Waals surface area contributed by atoms with Gasteiger partial charge in [-0.05, 0) is 11.6 Å². The summed E-state index contributed by atoms with van der Waals surface area (Å²) < 4.78 is 5.41. The number of nitrogens with zero attached hydrogens (tertiary/aromatic N) is 1. The van der Waals surface area contributed by atoms with Crippen LogP contribution < -0.4 is 5.73 Å². The van der Waals surface area contributed by atoms with Crippen LogP contribution in [0.3, 0.4) is 0 Å². The number of amides is 1. The first-order chi connectivity index (χ1) is 9.08. The molecule has 0 spiro atoms. The molecule has 0 bridgehead atoms. The van der Waals surface area contributed by atoms with Gasteiger partial charge in [0.15, 0.2) is 0 Å². The summed E-state index contributed by atoms with van der Waals surface area (Å²) in [5, 5.41) is 0.606. The summed E-state index contributed by atoms with van der Waals surface area (Å²) >= 11 is 10.9. The fourth-order valence-corrected chi connectivity index (χ4v) is 2.31. The fourth-order valence-electron chi connectivity index (χ4n) is 1.96. The highest BCUT2D eigenvalue weighted by Gasteiger charge is 2.26. The highest BCUT2D eigenvalue weighted by Crippen LogP contribution is 2.17. The number of hydrogen-bond donors (Lipinski definition) is 1. The second kappa shape index (κ2) is 6.32. The highest BCUT2D eigenvalue weighted by atomic mass is 35.5. The van der Waals surface area contributed by atoms with E-state index in [1.54, 1.807) is 11.0 Å². The summed E-state index contributed by atoms with van der Waals surface area (Å²) in [6, 6.07) is 7.34. The van der Waals surface area contributed by atoms with E-state index in [0.717, 1.165) is 5.56 Å². The van der Waals surface area contributed by atoms with Gasteiger partial charge in [-0.3, -0.25) is 4.79 Å². The molecule has 1 amide bonds. The molecule has 1 atom stereocenters. The lowest BCUT2D eigenvalue weighted by Crippen LogP contribution is -2.50. The van der Waals surface area contributed by atoms with Gasteiger partial charge in [0.2, 0.25) is 5.91 Å². The molecule has 6 heteroatoms. The van der Waals surface area contributed by atoms with E-state index in [0.29, 0.717) is 24.7 Å². The first kappa shape index (κ1) is 14.2. The first-order valence-corrected chi connectivity index (χ1v) is 6.78. The van der Waals surface area contributed by atoms with Gasteiger partial charge in [0.05, 0.1) is 19.6 Å². The summed E-state index contributed by atoms with van der Waals surface area (Å²) in [6.45, 7) is 1.43. The number of morpholine rings is 1. The largest absolute Gasteiger partial charge is 0.391 e. The van der Waals surface area contributed by atoms with Crippen molar-refractivity contribution in [2.24, 2.45) is 5.73 Å². The quantitative estimate of drug-likeness (QED) is 0.857. The average molecular weight is 299 g/mol. The molecule has 19 heavy (non-hydrogen) atoms. The number of halogens is 1. The summed E-state index contributed by atoms with van der Waals surface area (Å²) in [5.74, 6) is 0.0117. The van der Waals surface area contributed by atoms with Crippen LogP contribution in [0.15, 0.2) is 24.3 Å². The Hall–Kier alpha value is -1.17. The van der Waals surface area contributed by atoms with Gasteiger partial charge in [-0.25, -0.2) is 0 Å². The molecule has 102 valence electrons. The van der Waals surface area contributed by atoms with E-state index in [9.17, 15) is 4.79 Å². The average Bonchev–Trinajstić information content (AvgIpc) is 2.41. The van der Waals surface area contributed by atoms with Gasteiger partial charge in [-0.2, -0.15) is 0 Å². The second-order valence-corrected chi connectivity index (χ2v) is 5.25. The molecule has 1 unspecified atom stereocenters. The Morgan fingerprint density at radius 3 is 2.95 bits per heavy atom. The second-order valence-electron chi connectivity index (χ2n) is 4.37. The Morgan fingerprint density at radius 1 is 1.53 bits per heavy atom. The molecule has 2 rings (SSSR count). The molecular formula is C13H15ClN2O2S. The number of benzene rings is 1. The van der Waals surface area contributed by atoms with Crippen LogP contribution in [0.4, 0.5) is 0 Å². The summed E-state index contributed by atoms with van der Waals surface area (Å²) in [5.41, 5.74) is 6.38. The van der Waals surface area contributed by atoms with E-state index in [1.807, 2.05) is 18.2 Å². The molecule has 1 saturated heterocycles. The van der Waals surface area contributed by atoms with Crippen LogP contribution >= 0.6 is 23.8 Å². The SMILES string of the molecule is NC(=S)C1CN(C(=O)Cc2ccccc2Cl)CCO1. The van der Waals surface area contributed by atoms with Gasteiger partial charge in [0, 0.05) is 11.6 Å². The maximum Gasteiger partial charge on any atom is 0.227 e. The standard InChI is InChI=1S/C13H15ClN2O2S/c14-10-4-2-1-3-9(10)7-12(17)16-5-6-18-11(8-16)13(15)19/h1-4,11H,5-8H2,(H2,15,19). The molecule has 0 saturated carbocycles. The normalized spacial score (nSPS) is 19.2. The van der Waals surface area contributed by atoms with Crippen LogP contribution in [-0.2, 0) is 16.0 Å². The lowest BCUT2D eigenvalue weighted by atomic mass is 10.1. The predicted octanol–water partition coefficient (Wildman–Crippen LogP) is 1.40. The van der Waals surface area contributed by atoms with Crippen molar-refractivity contribution in [2.45, 2.75) is 12.5 Å². The van der Waals surface area contributed by atoms with Crippen molar-refractivity contribution in [1.82, 2.24) is 4.90 Å². The Balaban J connectivity index is 2.00. The zero-order chi connectivity index (χ0) is 13.8. The fraction of sp³-hybridized carbons (Fsp3) is 0.385. The van der Waals surface area contributed by atoms with E-state index in [4.69, 9.17) is 34.3 Å². The van der Waals surface area contributed by atoms with Crippen molar-refractivity contribution in [1.29, 1.82) is 0 Å². The van der Waals surface area contributed by atoms with Crippen LogP contribution in [-0.4, -0.2) is 41.6 Å². The third-order valence-corrected chi connectivity index (χ3v) is 3.67. The molecule has 0 aromatic heterocycles. The minimum atomic E-state index is -0.348. The van der Waals surface area contributed by atoms with E-state index >= 15 is 0 Å². The molecule has 1 aromatic rings. The summed E-state index contributed by atoms with van der Waals surface area (Å²) in [7, 11) is 0. The van der Waals surface area contributed by atoms with Gasteiger partial charge in [-0.15, -0.1) is 0 Å². The Kier molecular flexibility index (Phi) is 4.74. The predicted molar refractivity (Wildman–Crippen MR) is 78.3 cm³/mol. The topological polar surface area (TPSA) is 55.6 Å². The molecule has 1 heterocycles. The van der Waals surface area contributed by atoms with Crippen LogP contribution in [0.1, 0.15) is 5.56 Å². The zero-order valence-corrected chi connectivity index (χ0v) is 11.9. The van der Waals surface area contributed by atoms with Gasteiger partial charge in [-0.1, -0.05) is 42.0 Å². The number of rotatable bonds is 3. The maximum absolute atomic E-state index is 12.2. The van der Waals surface area contributed by atoms with Crippen molar-refractivity contribution in [3.63, 3.8) is 0 Å². The van der Waals surface area contributed by atoms with E-state index in [2.05, 4.69) is 0 Å². The highest BCUT2D eigenvalue weighted by molar-refractivity contribution is 7.80. The van der Waals surface area contributed by atoms with E-state index in [-0.39, 0.29) is 23.4 Å². The minimum Gasteiger partial charge on any atom is -0.391 e. The van der Waals surface area contributed by atoms with Gasteiger partial charge < -0.3 is 15.4 Å². The molecule has 1 aliphatic heterocycles. The number of carbonyl (C=O) groups is 1. The molecule has 1 aliphatic rings. The number of ether oxygens (including phenoxy) is 1. The van der Waals surface area contributed by atoms with E-state index in [1.165, 1.54) is 0 Å². The van der Waals surface area contributed by atoms with Gasteiger partial charge >= 0.3 is 0 Å². The maximum atomic E-state index is 12.2. The number of carbonyl (C=O) groups excluding carboxylic acids is 1. The lowest BCUT2D eigenvalue weighted by molar-refractivity contribution is -0.135. The van der Waals surface area contributed by atoms with Crippen molar-refractivity contribution in [3.8, 4) is 0 Å². The number of hydrogen-bond acceptors (Lipinski definition) is 3.